The fraction of sp³-hybridized carbons (Fsp3) is 0.818. The number of aliphatic hydroxyl groups is 1. The fourth-order valence-electron chi connectivity index (χ4n) is 2.00. The monoisotopic (exact) mass is 214 g/mol. The topological polar surface area (TPSA) is 47.9 Å². The van der Waals surface area contributed by atoms with Crippen LogP contribution in [0, 0.1) is 0 Å². The molecular weight excluding hydrogens is 196 g/mol. The summed E-state index contributed by atoms with van der Waals surface area (Å²) in [5.74, 6) is -1.14. The largest absolute Gasteiger partial charge is 0.362 e. The van der Waals surface area contributed by atoms with E-state index in [0.29, 0.717) is 13.0 Å². The van der Waals surface area contributed by atoms with Gasteiger partial charge in [-0.1, -0.05) is 6.92 Å². The smallest absolute Gasteiger partial charge is 0.188 e. The number of rotatable bonds is 1. The van der Waals surface area contributed by atoms with Gasteiger partial charge in [0.1, 0.15) is 12.2 Å². The Morgan fingerprint density at radius 2 is 2.33 bits per heavy atom. The zero-order chi connectivity index (χ0) is 11.1. The van der Waals surface area contributed by atoms with Gasteiger partial charge in [-0.2, -0.15) is 0 Å². The first kappa shape index (κ1) is 11.1. The molecule has 0 bridgehead atoms. The minimum atomic E-state index is -1.14. The van der Waals surface area contributed by atoms with Crippen molar-refractivity contribution in [3.63, 3.8) is 0 Å². The van der Waals surface area contributed by atoms with Crippen molar-refractivity contribution in [2.75, 3.05) is 6.61 Å². The van der Waals surface area contributed by atoms with Crippen molar-refractivity contribution in [2.24, 2.45) is 0 Å². The molecule has 0 aromatic carbocycles. The highest BCUT2D eigenvalue weighted by Gasteiger charge is 2.42. The molecule has 2 heterocycles. The van der Waals surface area contributed by atoms with Crippen LogP contribution in [0.5, 0.6) is 0 Å². The second kappa shape index (κ2) is 3.87. The Hall–Kier alpha value is -0.420. The van der Waals surface area contributed by atoms with E-state index in [9.17, 15) is 5.11 Å². The van der Waals surface area contributed by atoms with Gasteiger partial charge in [0.2, 0.25) is 0 Å². The summed E-state index contributed by atoms with van der Waals surface area (Å²) in [5.41, 5.74) is 0.820. The SMILES string of the molecule is CCC1(O)O[C@@H]2COC(C)O[C@H]2C=C1C. The van der Waals surface area contributed by atoms with E-state index in [-0.39, 0.29) is 18.5 Å². The normalized spacial score (nSPS) is 45.9. The summed E-state index contributed by atoms with van der Waals surface area (Å²) in [4.78, 5) is 0. The molecular formula is C11H18O4. The maximum absolute atomic E-state index is 10.2. The van der Waals surface area contributed by atoms with Gasteiger partial charge < -0.3 is 19.3 Å². The second-order valence-corrected chi connectivity index (χ2v) is 4.15. The van der Waals surface area contributed by atoms with Crippen LogP contribution in [0.3, 0.4) is 0 Å². The van der Waals surface area contributed by atoms with E-state index in [2.05, 4.69) is 0 Å². The van der Waals surface area contributed by atoms with Crippen LogP contribution < -0.4 is 0 Å². The third-order valence-corrected chi connectivity index (χ3v) is 3.07. The van der Waals surface area contributed by atoms with Crippen LogP contribution in [0.4, 0.5) is 0 Å². The lowest BCUT2D eigenvalue weighted by molar-refractivity contribution is -0.302. The molecule has 1 N–H and O–H groups in total. The van der Waals surface area contributed by atoms with Crippen molar-refractivity contribution in [3.05, 3.63) is 11.6 Å². The van der Waals surface area contributed by atoms with Gasteiger partial charge in [0.25, 0.3) is 0 Å². The Morgan fingerprint density at radius 3 is 3.00 bits per heavy atom. The van der Waals surface area contributed by atoms with Gasteiger partial charge in [-0.15, -0.1) is 0 Å². The van der Waals surface area contributed by atoms with Crippen molar-refractivity contribution in [1.82, 2.24) is 0 Å². The summed E-state index contributed by atoms with van der Waals surface area (Å²) in [7, 11) is 0. The van der Waals surface area contributed by atoms with Gasteiger partial charge in [0.15, 0.2) is 12.1 Å². The molecule has 2 rings (SSSR count). The lowest BCUT2D eigenvalue weighted by Gasteiger charge is -2.43. The molecule has 4 nitrogen and oxygen atoms in total. The van der Waals surface area contributed by atoms with Gasteiger partial charge in [0, 0.05) is 6.42 Å². The predicted octanol–water partition coefficient (Wildman–Crippen LogP) is 1.19. The standard InChI is InChI=1S/C11H18O4/c1-4-11(12)7(2)5-9-10(15-11)6-13-8(3)14-9/h5,8-10,12H,4,6H2,1-3H3/t8?,9-,10+,11?/m0/s1. The van der Waals surface area contributed by atoms with Crippen LogP contribution in [-0.2, 0) is 14.2 Å². The lowest BCUT2D eigenvalue weighted by atomic mass is 9.97. The van der Waals surface area contributed by atoms with Gasteiger partial charge >= 0.3 is 0 Å². The van der Waals surface area contributed by atoms with Crippen molar-refractivity contribution >= 4 is 0 Å². The van der Waals surface area contributed by atoms with Crippen LogP contribution in [0.2, 0.25) is 0 Å². The van der Waals surface area contributed by atoms with Crippen LogP contribution in [0.1, 0.15) is 27.2 Å². The lowest BCUT2D eigenvalue weighted by Crippen LogP contribution is -2.52. The Morgan fingerprint density at radius 1 is 1.60 bits per heavy atom. The van der Waals surface area contributed by atoms with Gasteiger partial charge in [-0.25, -0.2) is 0 Å². The molecule has 86 valence electrons. The summed E-state index contributed by atoms with van der Waals surface area (Å²) in [6, 6.07) is 0. The van der Waals surface area contributed by atoms with E-state index in [1.807, 2.05) is 26.8 Å². The maximum Gasteiger partial charge on any atom is 0.188 e. The fourth-order valence-corrected chi connectivity index (χ4v) is 2.00. The zero-order valence-electron chi connectivity index (χ0n) is 9.40. The molecule has 2 aliphatic heterocycles. The highest BCUT2D eigenvalue weighted by atomic mass is 16.7. The molecule has 1 fully saturated rings. The molecule has 0 saturated carbocycles. The summed E-state index contributed by atoms with van der Waals surface area (Å²) in [6.45, 7) is 6.09. The average molecular weight is 214 g/mol. The van der Waals surface area contributed by atoms with Gasteiger partial charge in [0.05, 0.1) is 6.61 Å². The van der Waals surface area contributed by atoms with Crippen LogP contribution in [-0.4, -0.2) is 36.0 Å². The number of hydrogen-bond donors (Lipinski definition) is 1. The van der Waals surface area contributed by atoms with Crippen molar-refractivity contribution in [3.8, 4) is 0 Å². The van der Waals surface area contributed by atoms with Crippen molar-refractivity contribution < 1.29 is 19.3 Å². The Kier molecular flexibility index (Phi) is 2.85. The van der Waals surface area contributed by atoms with Crippen LogP contribution >= 0.6 is 0 Å². The molecule has 0 radical (unpaired) electrons. The number of hydrogen-bond acceptors (Lipinski definition) is 4. The van der Waals surface area contributed by atoms with E-state index in [1.165, 1.54) is 0 Å². The first-order valence-corrected chi connectivity index (χ1v) is 5.41. The molecule has 2 aliphatic rings. The molecule has 0 spiro atoms. The van der Waals surface area contributed by atoms with Crippen LogP contribution in [0.25, 0.3) is 0 Å². The third-order valence-electron chi connectivity index (χ3n) is 3.07. The highest BCUT2D eigenvalue weighted by molar-refractivity contribution is 5.17. The van der Waals surface area contributed by atoms with Gasteiger partial charge in [-0.3, -0.25) is 0 Å². The molecule has 4 atom stereocenters. The molecule has 2 unspecified atom stereocenters. The Labute approximate surface area is 89.8 Å². The minimum Gasteiger partial charge on any atom is -0.362 e. The van der Waals surface area contributed by atoms with E-state index in [4.69, 9.17) is 14.2 Å². The summed E-state index contributed by atoms with van der Waals surface area (Å²) in [5, 5.41) is 10.2. The van der Waals surface area contributed by atoms with Crippen molar-refractivity contribution in [1.29, 1.82) is 0 Å². The third kappa shape index (κ3) is 1.95. The van der Waals surface area contributed by atoms with Gasteiger partial charge in [-0.05, 0) is 25.5 Å². The maximum atomic E-state index is 10.2. The molecule has 0 aliphatic carbocycles. The van der Waals surface area contributed by atoms with E-state index in [1.54, 1.807) is 0 Å². The molecule has 15 heavy (non-hydrogen) atoms. The second-order valence-electron chi connectivity index (χ2n) is 4.15. The highest BCUT2D eigenvalue weighted by Crippen LogP contribution is 2.33. The van der Waals surface area contributed by atoms with Crippen molar-refractivity contribution in [2.45, 2.75) is 51.5 Å². The summed E-state index contributed by atoms with van der Waals surface area (Å²) in [6.07, 6.45) is 1.98. The minimum absolute atomic E-state index is 0.0967. The molecule has 1 saturated heterocycles. The predicted molar refractivity (Wildman–Crippen MR) is 54.2 cm³/mol. The number of fused-ring (bicyclic) bond motifs is 1. The summed E-state index contributed by atoms with van der Waals surface area (Å²) < 4.78 is 16.5. The molecule has 0 aromatic heterocycles. The molecule has 0 amide bonds. The molecule has 0 aromatic rings. The molecule has 4 heteroatoms. The summed E-state index contributed by atoms with van der Waals surface area (Å²) >= 11 is 0. The first-order valence-electron chi connectivity index (χ1n) is 5.41. The quantitative estimate of drug-likeness (QED) is 0.666. The number of ether oxygens (including phenoxy) is 3. The van der Waals surface area contributed by atoms with E-state index >= 15 is 0 Å². The first-order chi connectivity index (χ1) is 7.05. The van der Waals surface area contributed by atoms with E-state index < -0.39 is 5.79 Å². The van der Waals surface area contributed by atoms with E-state index in [0.717, 1.165) is 5.57 Å². The Bertz CT molecular complexity index is 276. The zero-order valence-corrected chi connectivity index (χ0v) is 9.40. The van der Waals surface area contributed by atoms with Crippen LogP contribution in [0.15, 0.2) is 11.6 Å². The Balaban J connectivity index is 2.19. The average Bonchev–Trinajstić information content (AvgIpc) is 2.20.